The molecule has 1 aromatic heterocycles. The van der Waals surface area contributed by atoms with Crippen molar-refractivity contribution in [1.29, 1.82) is 0 Å². The molecule has 20 heavy (non-hydrogen) atoms. The number of esters is 1. The van der Waals surface area contributed by atoms with Crippen LogP contribution in [0.5, 0.6) is 0 Å². The third kappa shape index (κ3) is 2.82. The number of benzene rings is 1. The van der Waals surface area contributed by atoms with Crippen LogP contribution in [0.3, 0.4) is 0 Å². The van der Waals surface area contributed by atoms with E-state index in [0.29, 0.717) is 0 Å². The maximum atomic E-state index is 12.0. The van der Waals surface area contributed by atoms with Crippen LogP contribution in [0.25, 0.3) is 10.9 Å². The summed E-state index contributed by atoms with van der Waals surface area (Å²) in [4.78, 5) is 23.2. The number of aryl methyl sites for hydroxylation is 1. The molecule has 0 fully saturated rings. The van der Waals surface area contributed by atoms with Gasteiger partial charge in [0.25, 0.3) is 0 Å². The van der Waals surface area contributed by atoms with Crippen LogP contribution in [-0.4, -0.2) is 29.6 Å². The largest absolute Gasteiger partial charge is 0.467 e. The van der Waals surface area contributed by atoms with Crippen LogP contribution >= 0.6 is 0 Å². The topological polar surface area (TPSA) is 60.3 Å². The van der Waals surface area contributed by atoms with E-state index < -0.39 is 12.0 Å². The predicted molar refractivity (Wildman–Crippen MR) is 76.3 cm³/mol. The fourth-order valence-corrected chi connectivity index (χ4v) is 2.24. The molecule has 0 aliphatic heterocycles. The molecule has 1 aromatic carbocycles. The third-order valence-electron chi connectivity index (χ3n) is 3.23. The average Bonchev–Trinajstić information content (AvgIpc) is 2.75. The highest BCUT2D eigenvalue weighted by molar-refractivity contribution is 5.87. The fraction of sp³-hybridized carbons (Fsp3) is 0.333. The summed E-state index contributed by atoms with van der Waals surface area (Å²) >= 11 is 0. The summed E-state index contributed by atoms with van der Waals surface area (Å²) in [6, 6.07) is 7.26. The smallest absolute Gasteiger partial charge is 0.328 e. The summed E-state index contributed by atoms with van der Waals surface area (Å²) in [6.45, 7) is 3.78. The minimum Gasteiger partial charge on any atom is -0.467 e. The molecule has 5 nitrogen and oxygen atoms in total. The Morgan fingerprint density at radius 3 is 2.75 bits per heavy atom. The lowest BCUT2D eigenvalue weighted by atomic mass is 10.2. The van der Waals surface area contributed by atoms with E-state index in [-0.39, 0.29) is 12.5 Å². The maximum absolute atomic E-state index is 12.0. The summed E-state index contributed by atoms with van der Waals surface area (Å²) in [5, 5.41) is 3.74. The van der Waals surface area contributed by atoms with Crippen LogP contribution in [0.1, 0.15) is 12.5 Å². The molecule has 2 aromatic rings. The molecular formula is C15H18N2O3. The summed E-state index contributed by atoms with van der Waals surface area (Å²) in [7, 11) is 1.30. The molecule has 0 unspecified atom stereocenters. The van der Waals surface area contributed by atoms with Crippen molar-refractivity contribution in [2.24, 2.45) is 0 Å². The van der Waals surface area contributed by atoms with Gasteiger partial charge in [0.15, 0.2) is 0 Å². The first-order valence-corrected chi connectivity index (χ1v) is 6.44. The van der Waals surface area contributed by atoms with Crippen LogP contribution in [0.4, 0.5) is 0 Å². The van der Waals surface area contributed by atoms with E-state index in [1.165, 1.54) is 7.11 Å². The number of carbonyl (C=O) groups excluding carboxylic acids is 2. The molecule has 0 spiro atoms. The van der Waals surface area contributed by atoms with E-state index in [1.54, 1.807) is 6.92 Å². The van der Waals surface area contributed by atoms with Gasteiger partial charge in [-0.1, -0.05) is 18.2 Å². The predicted octanol–water partition coefficient (Wildman–Crippen LogP) is 1.63. The van der Waals surface area contributed by atoms with Gasteiger partial charge in [0, 0.05) is 17.1 Å². The molecule has 0 saturated heterocycles. The number of nitrogens with zero attached hydrogens (tertiary/aromatic N) is 1. The summed E-state index contributed by atoms with van der Waals surface area (Å²) in [5.41, 5.74) is 2.13. The Morgan fingerprint density at radius 2 is 2.05 bits per heavy atom. The monoisotopic (exact) mass is 274 g/mol. The van der Waals surface area contributed by atoms with E-state index in [9.17, 15) is 9.59 Å². The van der Waals surface area contributed by atoms with Gasteiger partial charge in [-0.3, -0.25) is 4.79 Å². The summed E-state index contributed by atoms with van der Waals surface area (Å²) in [5.74, 6) is -0.671. The number of carbonyl (C=O) groups is 2. The van der Waals surface area contributed by atoms with Crippen LogP contribution in [-0.2, 0) is 20.9 Å². The average molecular weight is 274 g/mol. The summed E-state index contributed by atoms with van der Waals surface area (Å²) in [6.07, 6.45) is 1.94. The first-order valence-electron chi connectivity index (χ1n) is 6.44. The molecule has 0 aliphatic rings. The van der Waals surface area contributed by atoms with Gasteiger partial charge in [-0.15, -0.1) is 0 Å². The number of hydrogen-bond acceptors (Lipinski definition) is 3. The minimum absolute atomic E-state index is 0.176. The second-order valence-corrected chi connectivity index (χ2v) is 4.77. The number of rotatable bonds is 4. The number of fused-ring (bicyclic) bond motifs is 1. The third-order valence-corrected chi connectivity index (χ3v) is 3.23. The van der Waals surface area contributed by atoms with E-state index >= 15 is 0 Å². The Balaban J connectivity index is 2.12. The van der Waals surface area contributed by atoms with Crippen molar-refractivity contribution in [2.75, 3.05) is 7.11 Å². The van der Waals surface area contributed by atoms with Crippen molar-refractivity contribution in [3.8, 4) is 0 Å². The maximum Gasteiger partial charge on any atom is 0.328 e. The Morgan fingerprint density at radius 1 is 1.35 bits per heavy atom. The molecule has 0 aliphatic carbocycles. The highest BCUT2D eigenvalue weighted by atomic mass is 16.5. The molecule has 106 valence electrons. The van der Waals surface area contributed by atoms with Gasteiger partial charge in [0.05, 0.1) is 7.11 Å². The Hall–Kier alpha value is -2.30. The highest BCUT2D eigenvalue weighted by Gasteiger charge is 2.16. The van der Waals surface area contributed by atoms with Crippen molar-refractivity contribution in [1.82, 2.24) is 9.88 Å². The standard InChI is InChI=1S/C15H18N2O3/c1-10-8-17(13-7-5-4-6-12(10)13)9-14(18)16-11(2)15(19)20-3/h4-8,11H,9H2,1-3H3,(H,16,18)/t11-/m0/s1. The zero-order valence-corrected chi connectivity index (χ0v) is 11.8. The van der Waals surface area contributed by atoms with Crippen molar-refractivity contribution < 1.29 is 14.3 Å². The zero-order chi connectivity index (χ0) is 14.7. The second kappa shape index (κ2) is 5.77. The number of ether oxygens (including phenoxy) is 1. The number of methoxy groups -OCH3 is 1. The Bertz CT molecular complexity index is 646. The van der Waals surface area contributed by atoms with Crippen molar-refractivity contribution >= 4 is 22.8 Å². The zero-order valence-electron chi connectivity index (χ0n) is 11.8. The molecule has 0 bridgehead atoms. The first-order chi connectivity index (χ1) is 9.52. The number of aromatic nitrogens is 1. The summed E-state index contributed by atoms with van der Waals surface area (Å²) < 4.78 is 6.46. The van der Waals surface area contributed by atoms with Gasteiger partial charge >= 0.3 is 5.97 Å². The molecule has 5 heteroatoms. The van der Waals surface area contributed by atoms with Crippen LogP contribution in [0, 0.1) is 6.92 Å². The van der Waals surface area contributed by atoms with Crippen LogP contribution < -0.4 is 5.32 Å². The number of amides is 1. The van der Waals surface area contributed by atoms with Gasteiger partial charge in [-0.05, 0) is 25.5 Å². The van der Waals surface area contributed by atoms with Gasteiger partial charge in [0.2, 0.25) is 5.91 Å². The van der Waals surface area contributed by atoms with Crippen molar-refractivity contribution in [3.05, 3.63) is 36.0 Å². The van der Waals surface area contributed by atoms with Gasteiger partial charge in [-0.25, -0.2) is 4.79 Å². The number of hydrogen-bond donors (Lipinski definition) is 1. The Kier molecular flexibility index (Phi) is 4.08. The van der Waals surface area contributed by atoms with Crippen molar-refractivity contribution in [2.45, 2.75) is 26.4 Å². The molecular weight excluding hydrogens is 256 g/mol. The number of para-hydroxylation sites is 1. The van der Waals surface area contributed by atoms with Gasteiger partial charge in [0.1, 0.15) is 12.6 Å². The fourth-order valence-electron chi connectivity index (χ4n) is 2.24. The van der Waals surface area contributed by atoms with E-state index in [2.05, 4.69) is 10.1 Å². The number of nitrogens with one attached hydrogen (secondary N) is 1. The molecule has 1 heterocycles. The van der Waals surface area contributed by atoms with Crippen LogP contribution in [0.15, 0.2) is 30.5 Å². The first kappa shape index (κ1) is 14.1. The quantitative estimate of drug-likeness (QED) is 0.862. The molecule has 2 rings (SSSR count). The molecule has 1 atom stereocenters. The molecule has 1 amide bonds. The van der Waals surface area contributed by atoms with Crippen molar-refractivity contribution in [3.63, 3.8) is 0 Å². The molecule has 0 saturated carbocycles. The van der Waals surface area contributed by atoms with E-state index in [1.807, 2.05) is 42.0 Å². The minimum atomic E-state index is -0.643. The normalized spacial score (nSPS) is 12.2. The lowest BCUT2D eigenvalue weighted by molar-refractivity contribution is -0.144. The lowest BCUT2D eigenvalue weighted by Gasteiger charge is -2.12. The van der Waals surface area contributed by atoms with E-state index in [0.717, 1.165) is 16.5 Å². The highest BCUT2D eigenvalue weighted by Crippen LogP contribution is 2.20. The van der Waals surface area contributed by atoms with Crippen LogP contribution in [0.2, 0.25) is 0 Å². The SMILES string of the molecule is COC(=O)[C@H](C)NC(=O)Cn1cc(C)c2ccccc21. The van der Waals surface area contributed by atoms with E-state index in [4.69, 9.17) is 0 Å². The molecule has 0 radical (unpaired) electrons. The van der Waals surface area contributed by atoms with Gasteiger partial charge < -0.3 is 14.6 Å². The second-order valence-electron chi connectivity index (χ2n) is 4.77. The van der Waals surface area contributed by atoms with Gasteiger partial charge in [-0.2, -0.15) is 0 Å². The Labute approximate surface area is 117 Å². The molecule has 1 N–H and O–H groups in total. The lowest BCUT2D eigenvalue weighted by Crippen LogP contribution is -2.40.